The van der Waals surface area contributed by atoms with Crippen LogP contribution in [0.4, 0.5) is 0 Å². The minimum atomic E-state index is -0.509. The Morgan fingerprint density at radius 1 is 1.25 bits per heavy atom. The molecular weight excluding hydrogens is 326 g/mol. The van der Waals surface area contributed by atoms with E-state index in [1.165, 1.54) is 0 Å². The van der Waals surface area contributed by atoms with Crippen molar-refractivity contribution in [3.05, 3.63) is 35.9 Å². The van der Waals surface area contributed by atoms with Crippen LogP contribution in [0.5, 0.6) is 0 Å². The molecule has 1 saturated heterocycles. The van der Waals surface area contributed by atoms with Crippen LogP contribution < -0.4 is 11.1 Å². The Kier molecular flexibility index (Phi) is 8.22. The molecule has 1 aliphatic heterocycles. The normalized spacial score (nSPS) is 20.2. The van der Waals surface area contributed by atoms with E-state index in [1.807, 2.05) is 37.3 Å². The van der Waals surface area contributed by atoms with Gasteiger partial charge in [0.2, 0.25) is 5.91 Å². The van der Waals surface area contributed by atoms with Gasteiger partial charge in [-0.2, -0.15) is 0 Å². The van der Waals surface area contributed by atoms with Gasteiger partial charge < -0.3 is 16.0 Å². The predicted octanol–water partition coefficient (Wildman–Crippen LogP) is 2.21. The van der Waals surface area contributed by atoms with E-state index in [4.69, 9.17) is 5.73 Å². The molecule has 1 aromatic rings. The van der Waals surface area contributed by atoms with Crippen molar-refractivity contribution < 1.29 is 9.59 Å². The summed E-state index contributed by atoms with van der Waals surface area (Å²) in [5.41, 5.74) is 5.64. The number of nitrogens with two attached hydrogens (primary N) is 1. The van der Waals surface area contributed by atoms with Gasteiger partial charge >= 0.3 is 0 Å². The fourth-order valence-corrected chi connectivity index (χ4v) is 3.05. The summed E-state index contributed by atoms with van der Waals surface area (Å²) in [5.74, 6) is 0.0486. The Bertz CT molecular complexity index is 538. The molecule has 0 aliphatic carbocycles. The second-order valence-corrected chi connectivity index (χ2v) is 6.51. The molecule has 5 nitrogen and oxygen atoms in total. The van der Waals surface area contributed by atoms with Crippen LogP contribution in [-0.4, -0.2) is 42.9 Å². The molecule has 0 radical (unpaired) electrons. The Morgan fingerprint density at radius 3 is 2.62 bits per heavy atom. The van der Waals surface area contributed by atoms with Crippen molar-refractivity contribution in [2.24, 2.45) is 11.1 Å². The standard InChI is InChI=1S/C18H27N3O2.ClH/c1-18(17(23)20-12-6-5-11-19)10-7-13-21(14-18)16(22)15-8-3-2-4-9-15;/h2-4,8-9H,5-7,10-14,19H2,1H3,(H,20,23);1H. The zero-order chi connectivity index (χ0) is 16.7. The summed E-state index contributed by atoms with van der Waals surface area (Å²) in [6.45, 7) is 4.44. The van der Waals surface area contributed by atoms with Gasteiger partial charge in [0, 0.05) is 25.2 Å². The van der Waals surface area contributed by atoms with Crippen molar-refractivity contribution in [3.8, 4) is 0 Å². The number of nitrogens with one attached hydrogen (secondary N) is 1. The van der Waals surface area contributed by atoms with Crippen molar-refractivity contribution in [1.29, 1.82) is 0 Å². The smallest absolute Gasteiger partial charge is 0.253 e. The summed E-state index contributed by atoms with van der Waals surface area (Å²) >= 11 is 0. The molecule has 0 bridgehead atoms. The topological polar surface area (TPSA) is 75.4 Å². The van der Waals surface area contributed by atoms with E-state index < -0.39 is 5.41 Å². The van der Waals surface area contributed by atoms with Gasteiger partial charge in [-0.3, -0.25) is 9.59 Å². The lowest BCUT2D eigenvalue weighted by molar-refractivity contribution is -0.132. The van der Waals surface area contributed by atoms with Crippen molar-refractivity contribution >= 4 is 24.2 Å². The zero-order valence-corrected chi connectivity index (χ0v) is 15.1. The molecule has 2 amide bonds. The maximum absolute atomic E-state index is 12.6. The molecule has 1 fully saturated rings. The number of piperidine rings is 1. The van der Waals surface area contributed by atoms with Gasteiger partial charge in [0.25, 0.3) is 5.91 Å². The minimum absolute atomic E-state index is 0. The molecule has 1 atom stereocenters. The van der Waals surface area contributed by atoms with Gasteiger partial charge in [-0.1, -0.05) is 18.2 Å². The molecule has 0 saturated carbocycles. The lowest BCUT2D eigenvalue weighted by Crippen LogP contribution is -2.52. The molecule has 6 heteroatoms. The highest BCUT2D eigenvalue weighted by Crippen LogP contribution is 2.30. The number of likely N-dealkylation sites (tertiary alicyclic amines) is 1. The van der Waals surface area contributed by atoms with Crippen molar-refractivity contribution in [3.63, 3.8) is 0 Å². The third-order valence-corrected chi connectivity index (χ3v) is 4.47. The SMILES string of the molecule is CC1(C(=O)NCCCCN)CCCN(C(=O)c2ccccc2)C1.Cl. The van der Waals surface area contributed by atoms with E-state index in [1.54, 1.807) is 4.90 Å². The van der Waals surface area contributed by atoms with Crippen LogP contribution in [0.2, 0.25) is 0 Å². The first-order valence-corrected chi connectivity index (χ1v) is 8.39. The summed E-state index contributed by atoms with van der Waals surface area (Å²) < 4.78 is 0. The molecule has 1 unspecified atom stereocenters. The molecule has 1 heterocycles. The number of benzene rings is 1. The van der Waals surface area contributed by atoms with Crippen LogP contribution >= 0.6 is 12.4 Å². The molecular formula is C18H28ClN3O2. The number of rotatable bonds is 6. The number of nitrogens with zero attached hydrogens (tertiary/aromatic N) is 1. The number of hydrogen-bond donors (Lipinski definition) is 2. The molecule has 24 heavy (non-hydrogen) atoms. The summed E-state index contributed by atoms with van der Waals surface area (Å²) in [6, 6.07) is 9.26. The number of hydrogen-bond acceptors (Lipinski definition) is 3. The van der Waals surface area contributed by atoms with Crippen LogP contribution in [0.15, 0.2) is 30.3 Å². The highest BCUT2D eigenvalue weighted by Gasteiger charge is 2.39. The Labute approximate surface area is 150 Å². The van der Waals surface area contributed by atoms with E-state index >= 15 is 0 Å². The first kappa shape index (κ1) is 20.5. The van der Waals surface area contributed by atoms with Crippen LogP contribution in [-0.2, 0) is 4.79 Å². The Morgan fingerprint density at radius 2 is 1.96 bits per heavy atom. The van der Waals surface area contributed by atoms with Crippen molar-refractivity contribution in [1.82, 2.24) is 10.2 Å². The maximum Gasteiger partial charge on any atom is 0.253 e. The Balaban J connectivity index is 0.00000288. The van der Waals surface area contributed by atoms with Crippen molar-refractivity contribution in [2.45, 2.75) is 32.6 Å². The van der Waals surface area contributed by atoms with Gasteiger partial charge in [0.1, 0.15) is 0 Å². The quantitative estimate of drug-likeness (QED) is 0.770. The summed E-state index contributed by atoms with van der Waals surface area (Å²) in [7, 11) is 0. The van der Waals surface area contributed by atoms with Gasteiger partial charge in [0.15, 0.2) is 0 Å². The number of carbonyl (C=O) groups excluding carboxylic acids is 2. The summed E-state index contributed by atoms with van der Waals surface area (Å²) in [5, 5.41) is 2.99. The zero-order valence-electron chi connectivity index (χ0n) is 14.3. The van der Waals surface area contributed by atoms with Crippen LogP contribution in [0.1, 0.15) is 43.0 Å². The average molecular weight is 354 g/mol. The third-order valence-electron chi connectivity index (χ3n) is 4.47. The highest BCUT2D eigenvalue weighted by molar-refractivity contribution is 5.95. The van der Waals surface area contributed by atoms with Gasteiger partial charge in [-0.15, -0.1) is 12.4 Å². The molecule has 1 aliphatic rings. The second-order valence-electron chi connectivity index (χ2n) is 6.51. The lowest BCUT2D eigenvalue weighted by atomic mass is 9.80. The van der Waals surface area contributed by atoms with E-state index in [-0.39, 0.29) is 24.2 Å². The first-order chi connectivity index (χ1) is 11.1. The van der Waals surface area contributed by atoms with Gasteiger partial charge in [-0.25, -0.2) is 0 Å². The number of carbonyl (C=O) groups is 2. The molecule has 1 aromatic carbocycles. The predicted molar refractivity (Wildman–Crippen MR) is 98.2 cm³/mol. The molecule has 3 N–H and O–H groups in total. The first-order valence-electron chi connectivity index (χ1n) is 8.39. The van der Waals surface area contributed by atoms with E-state index in [0.717, 1.165) is 25.7 Å². The summed E-state index contributed by atoms with van der Waals surface area (Å²) in [4.78, 5) is 26.9. The molecule has 134 valence electrons. The number of unbranched alkanes of at least 4 members (excludes halogenated alkanes) is 1. The van der Waals surface area contributed by atoms with Gasteiger partial charge in [-0.05, 0) is 51.3 Å². The van der Waals surface area contributed by atoms with Crippen LogP contribution in [0, 0.1) is 5.41 Å². The van der Waals surface area contributed by atoms with Gasteiger partial charge in [0.05, 0.1) is 5.41 Å². The number of amides is 2. The fourth-order valence-electron chi connectivity index (χ4n) is 3.05. The lowest BCUT2D eigenvalue weighted by Gasteiger charge is -2.39. The van der Waals surface area contributed by atoms with E-state index in [9.17, 15) is 9.59 Å². The van der Waals surface area contributed by atoms with Crippen LogP contribution in [0.25, 0.3) is 0 Å². The van der Waals surface area contributed by atoms with E-state index in [0.29, 0.717) is 31.7 Å². The monoisotopic (exact) mass is 353 g/mol. The molecule has 0 spiro atoms. The number of halogens is 1. The molecule has 2 rings (SSSR count). The molecule has 0 aromatic heterocycles. The highest BCUT2D eigenvalue weighted by atomic mass is 35.5. The maximum atomic E-state index is 12.6. The van der Waals surface area contributed by atoms with Crippen molar-refractivity contribution in [2.75, 3.05) is 26.2 Å². The fraction of sp³-hybridized carbons (Fsp3) is 0.556. The minimum Gasteiger partial charge on any atom is -0.356 e. The Hall–Kier alpha value is -1.59. The average Bonchev–Trinajstić information content (AvgIpc) is 2.58. The van der Waals surface area contributed by atoms with E-state index in [2.05, 4.69) is 5.32 Å². The second kappa shape index (κ2) is 9.64. The largest absolute Gasteiger partial charge is 0.356 e. The third kappa shape index (κ3) is 5.21. The van der Waals surface area contributed by atoms with Crippen LogP contribution in [0.3, 0.4) is 0 Å². The summed E-state index contributed by atoms with van der Waals surface area (Å²) in [6.07, 6.45) is 3.47.